The van der Waals surface area contributed by atoms with Crippen molar-refractivity contribution < 1.29 is 4.79 Å². The highest BCUT2D eigenvalue weighted by molar-refractivity contribution is 5.95. The normalized spacial score (nSPS) is 21.2. The van der Waals surface area contributed by atoms with Gasteiger partial charge in [-0.3, -0.25) is 9.89 Å². The van der Waals surface area contributed by atoms with Crippen molar-refractivity contribution in [3.8, 4) is 0 Å². The van der Waals surface area contributed by atoms with Crippen molar-refractivity contribution >= 4 is 11.7 Å². The Balaban J connectivity index is 1.49. The van der Waals surface area contributed by atoms with Gasteiger partial charge in [0.15, 0.2) is 0 Å². The highest BCUT2D eigenvalue weighted by atomic mass is 16.2. The summed E-state index contributed by atoms with van der Waals surface area (Å²) in [7, 11) is 0. The Morgan fingerprint density at radius 3 is 2.79 bits per heavy atom. The van der Waals surface area contributed by atoms with Gasteiger partial charge >= 0.3 is 0 Å². The number of carbonyl (C=O) groups excluding carboxylic acids is 1. The molecular weight excluding hydrogens is 302 g/mol. The van der Waals surface area contributed by atoms with Crippen LogP contribution >= 0.6 is 0 Å². The van der Waals surface area contributed by atoms with Gasteiger partial charge in [-0.25, -0.2) is 4.98 Å². The van der Waals surface area contributed by atoms with E-state index in [1.165, 1.54) is 12.8 Å². The molecule has 126 valence electrons. The van der Waals surface area contributed by atoms with E-state index in [0.717, 1.165) is 56.1 Å². The first-order valence-electron chi connectivity index (χ1n) is 8.81. The third-order valence-corrected chi connectivity index (χ3v) is 5.09. The van der Waals surface area contributed by atoms with Gasteiger partial charge in [-0.15, -0.1) is 0 Å². The molecule has 4 heterocycles. The number of likely N-dealkylation sites (tertiary alicyclic amines) is 1. The van der Waals surface area contributed by atoms with E-state index in [0.29, 0.717) is 5.92 Å². The molecule has 2 aromatic rings. The van der Waals surface area contributed by atoms with Crippen LogP contribution in [0.2, 0.25) is 0 Å². The quantitative estimate of drug-likeness (QED) is 0.941. The van der Waals surface area contributed by atoms with Gasteiger partial charge in [-0.05, 0) is 43.9 Å². The topological polar surface area (TPSA) is 65.1 Å². The molecule has 24 heavy (non-hydrogen) atoms. The molecule has 0 bridgehead atoms. The van der Waals surface area contributed by atoms with Crippen molar-refractivity contribution in [3.63, 3.8) is 0 Å². The van der Waals surface area contributed by atoms with E-state index < -0.39 is 0 Å². The number of hydrogen-bond acceptors (Lipinski definition) is 4. The van der Waals surface area contributed by atoms with Gasteiger partial charge in [0.2, 0.25) is 0 Å². The Morgan fingerprint density at radius 1 is 1.12 bits per heavy atom. The first-order valence-corrected chi connectivity index (χ1v) is 8.81. The van der Waals surface area contributed by atoms with Crippen LogP contribution in [0.1, 0.15) is 47.7 Å². The van der Waals surface area contributed by atoms with E-state index in [-0.39, 0.29) is 5.91 Å². The van der Waals surface area contributed by atoms with Crippen LogP contribution in [0.15, 0.2) is 30.6 Å². The maximum atomic E-state index is 12.9. The lowest BCUT2D eigenvalue weighted by Crippen LogP contribution is -2.39. The number of aromatic nitrogens is 3. The molecule has 6 heteroatoms. The summed E-state index contributed by atoms with van der Waals surface area (Å²) in [6, 6.07) is 5.80. The fraction of sp³-hybridized carbons (Fsp3) is 0.500. The SMILES string of the molecule is O=C(c1ccnc(N2CCCC2)c1)N1CCC[C@@H](c2ccn[nH]2)C1. The van der Waals surface area contributed by atoms with Crippen molar-refractivity contribution in [1.29, 1.82) is 0 Å². The second-order valence-electron chi connectivity index (χ2n) is 6.70. The molecule has 2 aromatic heterocycles. The molecule has 0 aromatic carbocycles. The first-order chi connectivity index (χ1) is 11.8. The lowest BCUT2D eigenvalue weighted by molar-refractivity contribution is 0.0706. The summed E-state index contributed by atoms with van der Waals surface area (Å²) < 4.78 is 0. The van der Waals surface area contributed by atoms with Crippen molar-refractivity contribution in [3.05, 3.63) is 41.9 Å². The molecular formula is C18H23N5O. The number of piperidine rings is 1. The Hall–Kier alpha value is -2.37. The monoisotopic (exact) mass is 325 g/mol. The van der Waals surface area contributed by atoms with E-state index in [1.54, 1.807) is 12.4 Å². The van der Waals surface area contributed by atoms with E-state index in [4.69, 9.17) is 0 Å². The molecule has 2 aliphatic heterocycles. The van der Waals surface area contributed by atoms with Crippen molar-refractivity contribution in [2.75, 3.05) is 31.1 Å². The fourth-order valence-corrected chi connectivity index (χ4v) is 3.76. The lowest BCUT2D eigenvalue weighted by Gasteiger charge is -2.32. The maximum Gasteiger partial charge on any atom is 0.254 e. The summed E-state index contributed by atoms with van der Waals surface area (Å²) in [6.07, 6.45) is 8.08. The highest BCUT2D eigenvalue weighted by Gasteiger charge is 2.26. The number of H-pyrrole nitrogens is 1. The molecule has 2 saturated heterocycles. The fourth-order valence-electron chi connectivity index (χ4n) is 3.76. The minimum absolute atomic E-state index is 0.113. The van der Waals surface area contributed by atoms with Gasteiger partial charge < -0.3 is 9.80 Å². The van der Waals surface area contributed by atoms with Crippen LogP contribution in [0.25, 0.3) is 0 Å². The van der Waals surface area contributed by atoms with Crippen LogP contribution in [-0.2, 0) is 0 Å². The molecule has 6 nitrogen and oxygen atoms in total. The number of aromatic amines is 1. The van der Waals surface area contributed by atoms with E-state index in [9.17, 15) is 4.79 Å². The second-order valence-corrected chi connectivity index (χ2v) is 6.70. The predicted octanol–water partition coefficient (Wildman–Crippen LogP) is 2.42. The van der Waals surface area contributed by atoms with Gasteiger partial charge in [0, 0.05) is 55.7 Å². The zero-order chi connectivity index (χ0) is 16.4. The van der Waals surface area contributed by atoms with Gasteiger partial charge in [0.05, 0.1) is 0 Å². The van der Waals surface area contributed by atoms with Crippen LogP contribution in [0.4, 0.5) is 5.82 Å². The molecule has 0 unspecified atom stereocenters. The van der Waals surface area contributed by atoms with Crippen LogP contribution in [0.3, 0.4) is 0 Å². The third kappa shape index (κ3) is 3.00. The zero-order valence-corrected chi connectivity index (χ0v) is 13.8. The molecule has 1 N–H and O–H groups in total. The van der Waals surface area contributed by atoms with Crippen molar-refractivity contribution in [2.45, 2.75) is 31.6 Å². The predicted molar refractivity (Wildman–Crippen MR) is 92.2 cm³/mol. The number of nitrogens with zero attached hydrogens (tertiary/aromatic N) is 4. The molecule has 2 fully saturated rings. The van der Waals surface area contributed by atoms with Gasteiger partial charge in [0.1, 0.15) is 5.82 Å². The van der Waals surface area contributed by atoms with Gasteiger partial charge in [0.25, 0.3) is 5.91 Å². The smallest absolute Gasteiger partial charge is 0.254 e. The molecule has 1 atom stereocenters. The summed E-state index contributed by atoms with van der Waals surface area (Å²) in [5.74, 6) is 1.40. The zero-order valence-electron chi connectivity index (χ0n) is 13.8. The summed E-state index contributed by atoms with van der Waals surface area (Å²) in [5.41, 5.74) is 1.87. The second kappa shape index (κ2) is 6.63. The average Bonchev–Trinajstić information content (AvgIpc) is 3.35. The molecule has 0 radical (unpaired) electrons. The van der Waals surface area contributed by atoms with E-state index in [2.05, 4.69) is 20.1 Å². The number of rotatable bonds is 3. The molecule has 0 saturated carbocycles. The number of anilines is 1. The number of carbonyl (C=O) groups is 1. The summed E-state index contributed by atoms with van der Waals surface area (Å²) >= 11 is 0. The van der Waals surface area contributed by atoms with Gasteiger partial charge in [-0.1, -0.05) is 0 Å². The minimum atomic E-state index is 0.113. The Bertz CT molecular complexity index is 693. The van der Waals surface area contributed by atoms with Crippen LogP contribution in [0, 0.1) is 0 Å². The number of pyridine rings is 1. The Kier molecular flexibility index (Phi) is 4.19. The molecule has 0 spiro atoms. The first kappa shape index (κ1) is 15.2. The number of amides is 1. The van der Waals surface area contributed by atoms with Crippen molar-refractivity contribution in [1.82, 2.24) is 20.1 Å². The summed E-state index contributed by atoms with van der Waals surface area (Å²) in [4.78, 5) is 21.6. The lowest BCUT2D eigenvalue weighted by atomic mass is 9.94. The molecule has 1 amide bonds. The third-order valence-electron chi connectivity index (χ3n) is 5.09. The minimum Gasteiger partial charge on any atom is -0.357 e. The Labute approximate surface area is 141 Å². The molecule has 4 rings (SSSR count). The highest BCUT2D eigenvalue weighted by Crippen LogP contribution is 2.27. The van der Waals surface area contributed by atoms with Crippen LogP contribution < -0.4 is 4.90 Å². The maximum absolute atomic E-state index is 12.9. The standard InChI is InChI=1S/C18H23N5O/c24-18(14-5-7-19-17(12-14)22-9-1-2-10-22)23-11-3-4-15(13-23)16-6-8-20-21-16/h5-8,12,15H,1-4,9-11,13H2,(H,20,21)/t15-/m1/s1. The molecule has 0 aliphatic carbocycles. The molecule has 2 aliphatic rings. The van der Waals surface area contributed by atoms with E-state index in [1.807, 2.05) is 23.1 Å². The van der Waals surface area contributed by atoms with E-state index >= 15 is 0 Å². The number of hydrogen-bond donors (Lipinski definition) is 1. The van der Waals surface area contributed by atoms with Crippen LogP contribution in [-0.4, -0.2) is 52.2 Å². The van der Waals surface area contributed by atoms with Crippen LogP contribution in [0.5, 0.6) is 0 Å². The summed E-state index contributed by atoms with van der Waals surface area (Å²) in [5, 5.41) is 7.09. The Morgan fingerprint density at radius 2 is 2.00 bits per heavy atom. The largest absolute Gasteiger partial charge is 0.357 e. The van der Waals surface area contributed by atoms with Crippen molar-refractivity contribution in [2.24, 2.45) is 0 Å². The van der Waals surface area contributed by atoms with Gasteiger partial charge in [-0.2, -0.15) is 5.10 Å². The number of nitrogens with one attached hydrogen (secondary N) is 1. The summed E-state index contributed by atoms with van der Waals surface area (Å²) in [6.45, 7) is 3.65. The average molecular weight is 325 g/mol.